The number of guanidine groups is 1. The SMILES string of the molecule is CCOC(=O)OC(=O)[C@H](CCCN=C(N)N)NC(=O)[C@@H]1CCCN1C(=O)[C@H](N)CC1CCCC1. The van der Waals surface area contributed by atoms with Crippen LogP contribution in [0.25, 0.3) is 0 Å². The lowest BCUT2D eigenvalue weighted by molar-refractivity contribution is -0.146. The second-order valence-electron chi connectivity index (χ2n) is 8.80. The molecule has 192 valence electrons. The van der Waals surface area contributed by atoms with Gasteiger partial charge in [0.1, 0.15) is 12.1 Å². The van der Waals surface area contributed by atoms with E-state index in [-0.39, 0.29) is 31.4 Å². The van der Waals surface area contributed by atoms with Crippen LogP contribution < -0.4 is 22.5 Å². The Balaban J connectivity index is 2.00. The number of carbonyl (C=O) groups excluding carboxylic acids is 4. The van der Waals surface area contributed by atoms with E-state index in [0.717, 1.165) is 25.7 Å². The van der Waals surface area contributed by atoms with E-state index in [9.17, 15) is 19.2 Å². The zero-order valence-corrected chi connectivity index (χ0v) is 19.9. The number of nitrogens with zero attached hydrogens (tertiary/aromatic N) is 2. The van der Waals surface area contributed by atoms with Gasteiger partial charge in [0.05, 0.1) is 12.6 Å². The molecular weight excluding hydrogens is 444 g/mol. The highest BCUT2D eigenvalue weighted by atomic mass is 16.7. The van der Waals surface area contributed by atoms with Gasteiger partial charge in [-0.15, -0.1) is 0 Å². The average Bonchev–Trinajstić information content (AvgIpc) is 3.47. The molecule has 12 heteroatoms. The smallest absolute Gasteiger partial charge is 0.434 e. The molecule has 2 aliphatic rings. The number of esters is 1. The molecular formula is C22H38N6O6. The largest absolute Gasteiger partial charge is 0.516 e. The first kappa shape index (κ1) is 27.4. The van der Waals surface area contributed by atoms with Crippen molar-refractivity contribution in [1.29, 1.82) is 0 Å². The second kappa shape index (κ2) is 13.7. The minimum absolute atomic E-state index is 0.0356. The Kier molecular flexibility index (Phi) is 11.0. The monoisotopic (exact) mass is 482 g/mol. The van der Waals surface area contributed by atoms with E-state index < -0.39 is 36.2 Å². The number of hydrogen-bond donors (Lipinski definition) is 4. The van der Waals surface area contributed by atoms with E-state index in [1.807, 2.05) is 0 Å². The van der Waals surface area contributed by atoms with E-state index in [4.69, 9.17) is 17.2 Å². The number of rotatable bonds is 11. The summed E-state index contributed by atoms with van der Waals surface area (Å²) in [6.45, 7) is 2.26. The zero-order valence-electron chi connectivity index (χ0n) is 19.9. The highest BCUT2D eigenvalue weighted by molar-refractivity contribution is 5.93. The van der Waals surface area contributed by atoms with Crippen LogP contribution >= 0.6 is 0 Å². The van der Waals surface area contributed by atoms with Crippen molar-refractivity contribution < 1.29 is 28.7 Å². The van der Waals surface area contributed by atoms with Gasteiger partial charge in [0.15, 0.2) is 5.96 Å². The van der Waals surface area contributed by atoms with Crippen LogP contribution in [-0.4, -0.2) is 72.6 Å². The summed E-state index contributed by atoms with van der Waals surface area (Å²) in [6, 6.07) is -2.52. The van der Waals surface area contributed by atoms with E-state index in [1.165, 1.54) is 4.90 Å². The molecule has 1 saturated heterocycles. The normalized spacial score (nSPS) is 19.8. The van der Waals surface area contributed by atoms with Gasteiger partial charge in [-0.05, 0) is 44.9 Å². The fourth-order valence-electron chi connectivity index (χ4n) is 4.54. The number of carbonyl (C=O) groups is 4. The van der Waals surface area contributed by atoms with Gasteiger partial charge in [-0.3, -0.25) is 14.6 Å². The minimum Gasteiger partial charge on any atom is -0.434 e. The first-order valence-corrected chi connectivity index (χ1v) is 12.0. The maximum atomic E-state index is 13.1. The molecule has 0 aromatic rings. The predicted octanol–water partition coefficient (Wildman–Crippen LogP) is 0.123. The van der Waals surface area contributed by atoms with Gasteiger partial charge in [-0.2, -0.15) is 0 Å². The van der Waals surface area contributed by atoms with Crippen molar-refractivity contribution in [2.75, 3.05) is 19.7 Å². The third-order valence-corrected chi connectivity index (χ3v) is 6.21. The molecule has 2 fully saturated rings. The van der Waals surface area contributed by atoms with Gasteiger partial charge in [0.2, 0.25) is 11.8 Å². The van der Waals surface area contributed by atoms with Crippen molar-refractivity contribution in [3.8, 4) is 0 Å². The number of ether oxygens (including phenoxy) is 2. The highest BCUT2D eigenvalue weighted by Crippen LogP contribution is 2.29. The van der Waals surface area contributed by atoms with E-state index in [2.05, 4.69) is 19.8 Å². The summed E-state index contributed by atoms with van der Waals surface area (Å²) >= 11 is 0. The Hall–Kier alpha value is -2.89. The molecule has 3 atom stereocenters. The number of amides is 2. The minimum atomic E-state index is -1.15. The standard InChI is InChI=1S/C22H38N6O6/c1-2-33-22(32)34-20(31)16(9-5-11-26-21(24)25)27-18(29)17-10-6-12-28(17)19(30)15(23)13-14-7-3-4-8-14/h14-17H,2-13,23H2,1H3,(H,27,29)(H4,24,25,26)/t15-,16+,17+/m1/s1. The molecule has 1 aliphatic heterocycles. The third kappa shape index (κ3) is 8.47. The van der Waals surface area contributed by atoms with Gasteiger partial charge in [-0.25, -0.2) is 9.59 Å². The van der Waals surface area contributed by atoms with Gasteiger partial charge < -0.3 is 36.9 Å². The van der Waals surface area contributed by atoms with E-state index in [1.54, 1.807) is 6.92 Å². The maximum Gasteiger partial charge on any atom is 0.516 e. The van der Waals surface area contributed by atoms with Crippen molar-refractivity contribution in [3.05, 3.63) is 0 Å². The third-order valence-electron chi connectivity index (χ3n) is 6.21. The van der Waals surface area contributed by atoms with Crippen molar-refractivity contribution in [1.82, 2.24) is 10.2 Å². The second-order valence-corrected chi connectivity index (χ2v) is 8.80. The molecule has 0 unspecified atom stereocenters. The van der Waals surface area contributed by atoms with Gasteiger partial charge in [0, 0.05) is 13.1 Å². The molecule has 1 aliphatic carbocycles. The molecule has 0 aromatic carbocycles. The Morgan fingerprint density at radius 2 is 1.82 bits per heavy atom. The van der Waals surface area contributed by atoms with E-state index >= 15 is 0 Å². The first-order valence-electron chi connectivity index (χ1n) is 12.0. The van der Waals surface area contributed by atoms with Crippen molar-refractivity contribution in [3.63, 3.8) is 0 Å². The Bertz CT molecular complexity index is 750. The Morgan fingerprint density at radius 3 is 2.47 bits per heavy atom. The molecule has 0 aromatic heterocycles. The van der Waals surface area contributed by atoms with E-state index in [0.29, 0.717) is 38.1 Å². The topological polar surface area (TPSA) is 192 Å². The summed E-state index contributed by atoms with van der Waals surface area (Å²) in [4.78, 5) is 55.5. The summed E-state index contributed by atoms with van der Waals surface area (Å²) in [5, 5.41) is 2.62. The van der Waals surface area contributed by atoms with Gasteiger partial charge in [0.25, 0.3) is 0 Å². The highest BCUT2D eigenvalue weighted by Gasteiger charge is 2.38. The molecule has 12 nitrogen and oxygen atoms in total. The Morgan fingerprint density at radius 1 is 1.12 bits per heavy atom. The molecule has 0 spiro atoms. The quantitative estimate of drug-likeness (QED) is 0.104. The predicted molar refractivity (Wildman–Crippen MR) is 124 cm³/mol. The summed E-state index contributed by atoms with van der Waals surface area (Å²) in [5.74, 6) is -1.34. The van der Waals surface area contributed by atoms with Crippen LogP contribution in [0.4, 0.5) is 4.79 Å². The number of aliphatic imine (C=N–C) groups is 1. The van der Waals surface area contributed by atoms with Gasteiger partial charge in [-0.1, -0.05) is 25.7 Å². The van der Waals surface area contributed by atoms with Crippen LogP contribution in [0.2, 0.25) is 0 Å². The molecule has 1 heterocycles. The Labute approximate surface area is 199 Å². The summed E-state index contributed by atoms with van der Waals surface area (Å²) in [6.07, 6.45) is 5.53. The zero-order chi connectivity index (χ0) is 25.1. The number of likely N-dealkylation sites (tertiary alicyclic amines) is 1. The summed E-state index contributed by atoms with van der Waals surface area (Å²) < 4.78 is 9.32. The van der Waals surface area contributed by atoms with Crippen LogP contribution in [0.15, 0.2) is 4.99 Å². The lowest BCUT2D eigenvalue weighted by Crippen LogP contribution is -2.54. The number of hydrogen-bond acceptors (Lipinski definition) is 8. The number of nitrogens with two attached hydrogens (primary N) is 3. The van der Waals surface area contributed by atoms with Gasteiger partial charge >= 0.3 is 12.1 Å². The molecule has 2 rings (SSSR count). The van der Waals surface area contributed by atoms with Crippen LogP contribution in [0, 0.1) is 5.92 Å². The molecule has 1 saturated carbocycles. The molecule has 0 bridgehead atoms. The van der Waals surface area contributed by atoms with Crippen LogP contribution in [0.1, 0.15) is 64.7 Å². The molecule has 7 N–H and O–H groups in total. The fraction of sp³-hybridized carbons (Fsp3) is 0.773. The molecule has 0 radical (unpaired) electrons. The lowest BCUT2D eigenvalue weighted by Gasteiger charge is -2.28. The maximum absolute atomic E-state index is 13.1. The van der Waals surface area contributed by atoms with Crippen molar-refractivity contribution >= 4 is 29.9 Å². The van der Waals surface area contributed by atoms with Crippen LogP contribution in [0.5, 0.6) is 0 Å². The van der Waals surface area contributed by atoms with Crippen molar-refractivity contribution in [2.24, 2.45) is 28.1 Å². The summed E-state index contributed by atoms with van der Waals surface area (Å²) in [7, 11) is 0. The molecule has 34 heavy (non-hydrogen) atoms. The lowest BCUT2D eigenvalue weighted by atomic mass is 9.98. The van der Waals surface area contributed by atoms with Crippen molar-refractivity contribution in [2.45, 2.75) is 82.8 Å². The average molecular weight is 483 g/mol. The first-order chi connectivity index (χ1) is 16.2. The fourth-order valence-corrected chi connectivity index (χ4v) is 4.54. The van der Waals surface area contributed by atoms with Crippen LogP contribution in [0.3, 0.4) is 0 Å². The van der Waals surface area contributed by atoms with Crippen LogP contribution in [-0.2, 0) is 23.9 Å². The molecule has 2 amide bonds. The number of nitrogens with one attached hydrogen (secondary N) is 1. The summed E-state index contributed by atoms with van der Waals surface area (Å²) in [5.41, 5.74) is 16.8.